The highest BCUT2D eigenvalue weighted by atomic mass is 16.6. The third-order valence-electron chi connectivity index (χ3n) is 4.21. The van der Waals surface area contributed by atoms with E-state index >= 15 is 0 Å². The fourth-order valence-electron chi connectivity index (χ4n) is 3.15. The van der Waals surface area contributed by atoms with Gasteiger partial charge in [0.1, 0.15) is 5.60 Å². The second-order valence-corrected chi connectivity index (χ2v) is 7.69. The third kappa shape index (κ3) is 3.89. The molecular weight excluding hydrogens is 356 g/mol. The number of carbonyl (C=O) groups excluding carboxylic acids is 1. The van der Waals surface area contributed by atoms with Crippen LogP contribution in [0.4, 0.5) is 0 Å². The van der Waals surface area contributed by atoms with Crippen LogP contribution in [-0.4, -0.2) is 38.4 Å². The Kier molecular flexibility index (Phi) is 5.47. The number of nitrogens with zero attached hydrogens (tertiary/aromatic N) is 4. The largest absolute Gasteiger partial charge is 0.456 e. The van der Waals surface area contributed by atoms with Gasteiger partial charge in [-0.15, -0.1) is 0 Å². The molecule has 3 aromatic heterocycles. The number of pyridine rings is 2. The number of methoxy groups -OCH3 is 1. The predicted octanol–water partition coefficient (Wildman–Crippen LogP) is 3.92. The van der Waals surface area contributed by atoms with Gasteiger partial charge in [0.25, 0.3) is 0 Å². The highest BCUT2D eigenvalue weighted by Crippen LogP contribution is 2.34. The topological polar surface area (TPSA) is 79.1 Å². The van der Waals surface area contributed by atoms with Crippen molar-refractivity contribution >= 4 is 17.0 Å². The monoisotopic (exact) mass is 382 g/mol. The van der Waals surface area contributed by atoms with Crippen LogP contribution in [0.2, 0.25) is 0 Å². The summed E-state index contributed by atoms with van der Waals surface area (Å²) in [5.74, 6) is -0.435. The first kappa shape index (κ1) is 19.9. The van der Waals surface area contributed by atoms with Gasteiger partial charge in [0.2, 0.25) is 0 Å². The molecule has 0 aliphatic rings. The van der Waals surface area contributed by atoms with Crippen molar-refractivity contribution in [3.8, 4) is 11.1 Å². The van der Waals surface area contributed by atoms with Crippen LogP contribution >= 0.6 is 0 Å². The summed E-state index contributed by atoms with van der Waals surface area (Å²) in [6.45, 7) is 10.3. The van der Waals surface area contributed by atoms with Crippen molar-refractivity contribution in [2.45, 2.75) is 53.4 Å². The minimum atomic E-state index is -0.633. The first-order chi connectivity index (χ1) is 13.2. The van der Waals surface area contributed by atoms with E-state index in [1.807, 2.05) is 40.7 Å². The van der Waals surface area contributed by atoms with E-state index < -0.39 is 11.6 Å². The molecule has 0 aliphatic heterocycles. The van der Waals surface area contributed by atoms with Crippen molar-refractivity contribution in [2.75, 3.05) is 7.11 Å². The first-order valence-electron chi connectivity index (χ1n) is 9.27. The van der Waals surface area contributed by atoms with Gasteiger partial charge in [-0.3, -0.25) is 4.98 Å². The van der Waals surface area contributed by atoms with Gasteiger partial charge in [-0.05, 0) is 46.2 Å². The Morgan fingerprint density at radius 2 is 1.96 bits per heavy atom. The normalized spacial score (nSPS) is 11.8. The average Bonchev–Trinajstić information content (AvgIpc) is 3.02. The number of ether oxygens (including phenoxy) is 2. The van der Waals surface area contributed by atoms with Crippen molar-refractivity contribution in [1.82, 2.24) is 19.7 Å². The van der Waals surface area contributed by atoms with Crippen molar-refractivity contribution in [1.29, 1.82) is 0 Å². The molecule has 3 rings (SSSR count). The number of aromatic nitrogens is 4. The number of esters is 1. The summed E-state index contributed by atoms with van der Waals surface area (Å²) in [6.07, 6.45) is 5.27. The Bertz CT molecular complexity index is 1020. The van der Waals surface area contributed by atoms with Gasteiger partial charge in [0, 0.05) is 42.6 Å². The number of rotatable bonds is 5. The number of aryl methyl sites for hydroxylation is 2. The lowest BCUT2D eigenvalue weighted by molar-refractivity contribution is 0.00663. The molecule has 0 saturated carbocycles. The summed E-state index contributed by atoms with van der Waals surface area (Å²) in [7, 11) is 1.58. The quantitative estimate of drug-likeness (QED) is 0.622. The summed E-state index contributed by atoms with van der Waals surface area (Å²) in [5, 5.41) is 5.23. The molecule has 148 valence electrons. The Morgan fingerprint density at radius 3 is 2.57 bits per heavy atom. The van der Waals surface area contributed by atoms with Gasteiger partial charge in [-0.25, -0.2) is 14.5 Å². The molecule has 0 unspecified atom stereocenters. The Hall–Kier alpha value is -2.80. The molecule has 7 nitrogen and oxygen atoms in total. The van der Waals surface area contributed by atoms with E-state index in [1.165, 1.54) is 0 Å². The SMILES string of the molecule is CCn1ncc2c(-c3cncc(C)c3)c(C(=O)OC(C)(C)C)c(COC)nc21. The zero-order valence-electron chi connectivity index (χ0n) is 17.2. The highest BCUT2D eigenvalue weighted by Gasteiger charge is 2.28. The number of fused-ring (bicyclic) bond motifs is 1. The highest BCUT2D eigenvalue weighted by molar-refractivity contribution is 6.07. The van der Waals surface area contributed by atoms with Crippen LogP contribution in [0.5, 0.6) is 0 Å². The molecule has 0 atom stereocenters. The molecule has 7 heteroatoms. The average molecular weight is 382 g/mol. The lowest BCUT2D eigenvalue weighted by Crippen LogP contribution is -2.25. The van der Waals surface area contributed by atoms with Gasteiger partial charge < -0.3 is 9.47 Å². The van der Waals surface area contributed by atoms with Gasteiger partial charge in [0.15, 0.2) is 5.65 Å². The van der Waals surface area contributed by atoms with Gasteiger partial charge in [0.05, 0.1) is 24.1 Å². The smallest absolute Gasteiger partial charge is 0.341 e. The maximum atomic E-state index is 13.2. The zero-order valence-corrected chi connectivity index (χ0v) is 17.2. The van der Waals surface area contributed by atoms with E-state index in [2.05, 4.69) is 10.1 Å². The van der Waals surface area contributed by atoms with Crippen LogP contribution in [0.1, 0.15) is 49.3 Å². The van der Waals surface area contributed by atoms with Crippen molar-refractivity contribution in [2.24, 2.45) is 0 Å². The summed E-state index contributed by atoms with van der Waals surface area (Å²) in [4.78, 5) is 22.2. The Balaban J connectivity index is 2.38. The molecular formula is C21H26N4O3. The molecule has 0 saturated heterocycles. The number of hydrogen-bond donors (Lipinski definition) is 0. The summed E-state index contributed by atoms with van der Waals surface area (Å²) in [5.41, 5.74) is 3.53. The second-order valence-electron chi connectivity index (χ2n) is 7.69. The van der Waals surface area contributed by atoms with Crippen LogP contribution in [-0.2, 0) is 22.6 Å². The lowest BCUT2D eigenvalue weighted by Gasteiger charge is -2.22. The lowest BCUT2D eigenvalue weighted by atomic mass is 9.96. The molecule has 0 spiro atoms. The molecule has 3 aromatic rings. The maximum absolute atomic E-state index is 13.2. The minimum Gasteiger partial charge on any atom is -0.456 e. The molecule has 0 bridgehead atoms. The minimum absolute atomic E-state index is 0.186. The van der Waals surface area contributed by atoms with E-state index in [0.717, 1.165) is 22.1 Å². The maximum Gasteiger partial charge on any atom is 0.341 e. The third-order valence-corrected chi connectivity index (χ3v) is 4.21. The summed E-state index contributed by atoms with van der Waals surface area (Å²) in [6, 6.07) is 2.00. The fourth-order valence-corrected chi connectivity index (χ4v) is 3.15. The van der Waals surface area contributed by atoms with Gasteiger partial charge in [-0.1, -0.05) is 0 Å². The standard InChI is InChI=1S/C21H26N4O3/c1-7-25-19-15(11-23-25)17(14-8-13(2)9-22-10-14)18(16(24-19)12-27-6)20(26)28-21(3,4)5/h8-11H,7,12H2,1-6H3. The zero-order chi connectivity index (χ0) is 20.5. The predicted molar refractivity (Wildman–Crippen MR) is 107 cm³/mol. The Labute approximate surface area is 164 Å². The fraction of sp³-hybridized carbons (Fsp3) is 0.429. The number of carbonyl (C=O) groups is 1. The summed E-state index contributed by atoms with van der Waals surface area (Å²) < 4.78 is 12.9. The second kappa shape index (κ2) is 7.67. The molecule has 0 N–H and O–H groups in total. The van der Waals surface area contributed by atoms with Crippen LogP contribution in [0.15, 0.2) is 24.7 Å². The van der Waals surface area contributed by atoms with Crippen molar-refractivity contribution in [3.05, 3.63) is 41.5 Å². The van der Waals surface area contributed by atoms with Crippen LogP contribution < -0.4 is 0 Å². The van der Waals surface area contributed by atoms with E-state index in [9.17, 15) is 4.79 Å². The van der Waals surface area contributed by atoms with E-state index in [1.54, 1.807) is 30.4 Å². The van der Waals surface area contributed by atoms with Gasteiger partial charge >= 0.3 is 5.97 Å². The van der Waals surface area contributed by atoms with Crippen LogP contribution in [0.25, 0.3) is 22.2 Å². The molecule has 0 aliphatic carbocycles. The van der Waals surface area contributed by atoms with E-state index in [0.29, 0.717) is 23.4 Å². The van der Waals surface area contributed by atoms with Crippen LogP contribution in [0, 0.1) is 6.92 Å². The molecule has 28 heavy (non-hydrogen) atoms. The molecule has 3 heterocycles. The first-order valence-corrected chi connectivity index (χ1v) is 9.27. The van der Waals surface area contributed by atoms with E-state index in [4.69, 9.17) is 14.5 Å². The number of hydrogen-bond acceptors (Lipinski definition) is 6. The molecule has 0 radical (unpaired) electrons. The van der Waals surface area contributed by atoms with Crippen molar-refractivity contribution in [3.63, 3.8) is 0 Å². The summed E-state index contributed by atoms with van der Waals surface area (Å²) >= 11 is 0. The molecule has 0 fully saturated rings. The molecule has 0 aromatic carbocycles. The van der Waals surface area contributed by atoms with Crippen LogP contribution in [0.3, 0.4) is 0 Å². The van der Waals surface area contributed by atoms with E-state index in [-0.39, 0.29) is 6.61 Å². The molecule has 0 amide bonds. The van der Waals surface area contributed by atoms with Crippen molar-refractivity contribution < 1.29 is 14.3 Å². The van der Waals surface area contributed by atoms with Gasteiger partial charge in [-0.2, -0.15) is 5.10 Å². The Morgan fingerprint density at radius 1 is 1.21 bits per heavy atom.